The second-order valence-electron chi connectivity index (χ2n) is 5.19. The molecule has 2 aliphatic rings. The Hall–Kier alpha value is -1.65. The molecule has 5 heteroatoms. The van der Waals surface area contributed by atoms with E-state index in [4.69, 9.17) is 9.52 Å². The molecule has 3 rings (SSSR count). The van der Waals surface area contributed by atoms with Gasteiger partial charge in [0.15, 0.2) is 0 Å². The molecule has 0 bridgehead atoms. The predicted molar refractivity (Wildman–Crippen MR) is 68.1 cm³/mol. The molecule has 3 N–H and O–H groups in total. The van der Waals surface area contributed by atoms with Crippen LogP contribution in [0.1, 0.15) is 42.7 Å². The fraction of sp³-hybridized carbons (Fsp3) is 0.615. The minimum Gasteiger partial charge on any atom is -0.475 e. The zero-order chi connectivity index (χ0) is 12.5. The van der Waals surface area contributed by atoms with Crippen LogP contribution in [0.25, 0.3) is 0 Å². The molecule has 1 aliphatic carbocycles. The fourth-order valence-electron chi connectivity index (χ4n) is 3.08. The van der Waals surface area contributed by atoms with Gasteiger partial charge in [0, 0.05) is 12.6 Å². The van der Waals surface area contributed by atoms with Gasteiger partial charge in [-0.2, -0.15) is 0 Å². The smallest absolute Gasteiger partial charge is 0.374 e. The Morgan fingerprint density at radius 1 is 1.33 bits per heavy atom. The normalized spacial score (nSPS) is 23.9. The van der Waals surface area contributed by atoms with Crippen LogP contribution in [0.4, 0.5) is 11.4 Å². The maximum Gasteiger partial charge on any atom is 0.374 e. The Labute approximate surface area is 106 Å². The predicted octanol–water partition coefficient (Wildman–Crippen LogP) is 2.76. The van der Waals surface area contributed by atoms with E-state index < -0.39 is 5.97 Å². The van der Waals surface area contributed by atoms with E-state index in [1.165, 1.54) is 38.4 Å². The first kappa shape index (κ1) is 11.4. The molecular formula is C13H18N2O3. The maximum atomic E-state index is 11.0. The average Bonchev–Trinajstić information content (AvgIpc) is 2.82. The lowest BCUT2D eigenvalue weighted by Crippen LogP contribution is -2.39. The van der Waals surface area contributed by atoms with Crippen LogP contribution in [0.2, 0.25) is 0 Å². The largest absolute Gasteiger partial charge is 0.475 e. The number of nitrogens with one attached hydrogen (secondary N) is 2. The molecule has 1 aromatic heterocycles. The number of anilines is 2. The van der Waals surface area contributed by atoms with Crippen LogP contribution in [0.5, 0.6) is 0 Å². The molecule has 0 aromatic carbocycles. The number of fused-ring (bicyclic) bond motifs is 1. The Balaban J connectivity index is 1.75. The minimum absolute atomic E-state index is 0.000376. The van der Waals surface area contributed by atoms with Crippen LogP contribution in [0.3, 0.4) is 0 Å². The average molecular weight is 250 g/mol. The molecule has 0 radical (unpaired) electrons. The molecule has 2 heterocycles. The van der Waals surface area contributed by atoms with Crippen molar-refractivity contribution in [2.24, 2.45) is 5.92 Å². The van der Waals surface area contributed by atoms with Crippen LogP contribution >= 0.6 is 0 Å². The summed E-state index contributed by atoms with van der Waals surface area (Å²) >= 11 is 0. The van der Waals surface area contributed by atoms with Crippen molar-refractivity contribution in [2.75, 3.05) is 17.2 Å². The number of aromatic carboxylic acids is 1. The molecule has 1 unspecified atom stereocenters. The number of hydrogen-bond donors (Lipinski definition) is 3. The van der Waals surface area contributed by atoms with E-state index in [-0.39, 0.29) is 5.76 Å². The van der Waals surface area contributed by atoms with Gasteiger partial charge in [-0.3, -0.25) is 0 Å². The molecule has 1 saturated carbocycles. The van der Waals surface area contributed by atoms with Gasteiger partial charge < -0.3 is 20.2 Å². The van der Waals surface area contributed by atoms with E-state index in [2.05, 4.69) is 10.6 Å². The molecule has 5 nitrogen and oxygen atoms in total. The minimum atomic E-state index is -1.03. The summed E-state index contributed by atoms with van der Waals surface area (Å²) < 4.78 is 5.09. The maximum absolute atomic E-state index is 11.0. The topological polar surface area (TPSA) is 74.5 Å². The number of rotatable bonds is 2. The summed E-state index contributed by atoms with van der Waals surface area (Å²) in [6, 6.07) is 0.386. The van der Waals surface area contributed by atoms with Gasteiger partial charge in [0.1, 0.15) is 12.0 Å². The summed E-state index contributed by atoms with van der Waals surface area (Å²) in [5.41, 5.74) is 1.38. The van der Waals surface area contributed by atoms with Gasteiger partial charge >= 0.3 is 5.97 Å². The molecular weight excluding hydrogens is 232 g/mol. The summed E-state index contributed by atoms with van der Waals surface area (Å²) in [4.78, 5) is 11.0. The van der Waals surface area contributed by atoms with Crippen LogP contribution in [-0.2, 0) is 0 Å². The Bertz CT molecular complexity index is 449. The van der Waals surface area contributed by atoms with Crippen LogP contribution in [-0.4, -0.2) is 23.7 Å². The van der Waals surface area contributed by atoms with Crippen molar-refractivity contribution in [1.82, 2.24) is 0 Å². The summed E-state index contributed by atoms with van der Waals surface area (Å²) in [5, 5.41) is 15.6. The van der Waals surface area contributed by atoms with Crippen LogP contribution < -0.4 is 10.6 Å². The first-order chi connectivity index (χ1) is 8.75. The zero-order valence-corrected chi connectivity index (χ0v) is 10.2. The van der Waals surface area contributed by atoms with Gasteiger partial charge in [0.25, 0.3) is 0 Å². The molecule has 98 valence electrons. The second-order valence-corrected chi connectivity index (χ2v) is 5.19. The monoisotopic (exact) mass is 250 g/mol. The fourth-order valence-corrected chi connectivity index (χ4v) is 3.08. The molecule has 0 amide bonds. The highest BCUT2D eigenvalue weighted by molar-refractivity contribution is 5.95. The van der Waals surface area contributed by atoms with Gasteiger partial charge in [-0.25, -0.2) is 4.79 Å². The van der Waals surface area contributed by atoms with Gasteiger partial charge in [0.05, 0.1) is 5.69 Å². The van der Waals surface area contributed by atoms with Crippen molar-refractivity contribution in [3.05, 3.63) is 12.0 Å². The first-order valence-corrected chi connectivity index (χ1v) is 6.61. The van der Waals surface area contributed by atoms with Crippen molar-refractivity contribution in [3.63, 3.8) is 0 Å². The summed E-state index contributed by atoms with van der Waals surface area (Å²) in [6.45, 7) is 0.775. The van der Waals surface area contributed by atoms with Gasteiger partial charge in [0.2, 0.25) is 5.76 Å². The van der Waals surface area contributed by atoms with E-state index in [1.807, 2.05) is 0 Å². The highest BCUT2D eigenvalue weighted by Gasteiger charge is 2.30. The molecule has 1 atom stereocenters. The van der Waals surface area contributed by atoms with Crippen molar-refractivity contribution >= 4 is 17.3 Å². The lowest BCUT2D eigenvalue weighted by molar-refractivity contribution is 0.0664. The Morgan fingerprint density at radius 3 is 2.83 bits per heavy atom. The number of furan rings is 1. The lowest BCUT2D eigenvalue weighted by atomic mass is 9.83. The van der Waals surface area contributed by atoms with E-state index >= 15 is 0 Å². The van der Waals surface area contributed by atoms with Crippen LogP contribution in [0, 0.1) is 5.92 Å². The SMILES string of the molecule is O=C(O)c1occ2c1NCC(C1CCCCC1)N2. The third kappa shape index (κ3) is 1.94. The standard InChI is InChI=1S/C13H18N2O3/c16-13(17)12-11-10(7-18-12)15-9(6-14-11)8-4-2-1-3-5-8/h7-9,14-15H,1-6H2,(H,16,17). The molecule has 0 saturated heterocycles. The summed E-state index contributed by atoms with van der Waals surface area (Å²) in [6.07, 6.45) is 7.98. The number of carbonyl (C=O) groups is 1. The van der Waals surface area contributed by atoms with E-state index in [1.54, 1.807) is 0 Å². The molecule has 0 spiro atoms. The lowest BCUT2D eigenvalue weighted by Gasteiger charge is -2.34. The summed E-state index contributed by atoms with van der Waals surface area (Å²) in [5.74, 6) is -0.344. The zero-order valence-electron chi connectivity index (χ0n) is 10.2. The Morgan fingerprint density at radius 2 is 2.11 bits per heavy atom. The number of carboxylic acid groups (broad SMARTS) is 1. The number of hydrogen-bond acceptors (Lipinski definition) is 4. The molecule has 1 aliphatic heterocycles. The third-order valence-electron chi connectivity index (χ3n) is 4.04. The van der Waals surface area contributed by atoms with Crippen molar-refractivity contribution in [2.45, 2.75) is 38.1 Å². The highest BCUT2D eigenvalue weighted by atomic mass is 16.4. The van der Waals surface area contributed by atoms with Crippen LogP contribution in [0.15, 0.2) is 10.7 Å². The van der Waals surface area contributed by atoms with Gasteiger partial charge in [-0.15, -0.1) is 0 Å². The van der Waals surface area contributed by atoms with E-state index in [0.29, 0.717) is 17.6 Å². The third-order valence-corrected chi connectivity index (χ3v) is 4.04. The number of carboxylic acids is 1. The van der Waals surface area contributed by atoms with Gasteiger partial charge in [-0.1, -0.05) is 19.3 Å². The van der Waals surface area contributed by atoms with E-state index in [9.17, 15) is 4.79 Å². The summed E-state index contributed by atoms with van der Waals surface area (Å²) in [7, 11) is 0. The molecule has 1 aromatic rings. The quantitative estimate of drug-likeness (QED) is 0.752. The Kier molecular flexibility index (Phi) is 2.89. The molecule has 1 fully saturated rings. The van der Waals surface area contributed by atoms with Crippen molar-refractivity contribution < 1.29 is 14.3 Å². The second kappa shape index (κ2) is 4.55. The molecule has 18 heavy (non-hydrogen) atoms. The van der Waals surface area contributed by atoms with Crippen molar-refractivity contribution in [3.8, 4) is 0 Å². The van der Waals surface area contributed by atoms with Gasteiger partial charge in [-0.05, 0) is 18.8 Å². The highest BCUT2D eigenvalue weighted by Crippen LogP contribution is 2.36. The first-order valence-electron chi connectivity index (χ1n) is 6.61. The van der Waals surface area contributed by atoms with Crippen molar-refractivity contribution in [1.29, 1.82) is 0 Å². The van der Waals surface area contributed by atoms with E-state index in [0.717, 1.165) is 12.2 Å².